The average molecular weight is 300 g/mol. The minimum atomic E-state index is -2.86. The van der Waals surface area contributed by atoms with Gasteiger partial charge in [-0.3, -0.25) is 4.79 Å². The summed E-state index contributed by atoms with van der Waals surface area (Å²) in [6, 6.07) is 6.41. The van der Waals surface area contributed by atoms with Crippen LogP contribution in [0, 0.1) is 5.41 Å². The van der Waals surface area contributed by atoms with Gasteiger partial charge in [-0.25, -0.2) is 0 Å². The molecule has 0 saturated carbocycles. The molecule has 0 saturated heterocycles. The fourth-order valence-corrected chi connectivity index (χ4v) is 1.98. The van der Waals surface area contributed by atoms with Crippen LogP contribution >= 0.6 is 0 Å². The van der Waals surface area contributed by atoms with E-state index in [1.165, 1.54) is 6.07 Å². The number of halogens is 2. The van der Waals surface area contributed by atoms with Gasteiger partial charge >= 0.3 is 6.61 Å². The summed E-state index contributed by atoms with van der Waals surface area (Å²) in [6.07, 6.45) is 0. The van der Waals surface area contributed by atoms with E-state index >= 15 is 0 Å². The monoisotopic (exact) mass is 300 g/mol. The van der Waals surface area contributed by atoms with E-state index in [-0.39, 0.29) is 17.7 Å². The number of nitrogens with one attached hydrogen (secondary N) is 2. The number of benzene rings is 1. The van der Waals surface area contributed by atoms with Crippen molar-refractivity contribution in [2.24, 2.45) is 5.41 Å². The lowest BCUT2D eigenvalue weighted by Crippen LogP contribution is -2.42. The highest BCUT2D eigenvalue weighted by Crippen LogP contribution is 2.27. The SMILES string of the molecule is CNC(=O)C(C)(C)CNC(C)c1ccccc1OC(F)F. The summed E-state index contributed by atoms with van der Waals surface area (Å²) < 4.78 is 29.3. The Labute approximate surface area is 123 Å². The zero-order valence-electron chi connectivity index (χ0n) is 12.7. The van der Waals surface area contributed by atoms with Crippen LogP contribution in [0.5, 0.6) is 5.75 Å². The summed E-state index contributed by atoms with van der Waals surface area (Å²) in [5, 5.41) is 5.79. The maximum atomic E-state index is 12.4. The van der Waals surface area contributed by atoms with Crippen LogP contribution in [0.3, 0.4) is 0 Å². The first-order valence-corrected chi connectivity index (χ1v) is 6.77. The molecule has 4 nitrogen and oxygen atoms in total. The molecule has 0 heterocycles. The Kier molecular flexibility index (Phi) is 6.08. The summed E-state index contributed by atoms with van der Waals surface area (Å²) in [6.45, 7) is 3.02. The second kappa shape index (κ2) is 7.36. The third kappa shape index (κ3) is 4.97. The van der Waals surface area contributed by atoms with Crippen LogP contribution in [0.25, 0.3) is 0 Å². The second-order valence-electron chi connectivity index (χ2n) is 5.48. The molecular weight excluding hydrogens is 278 g/mol. The van der Waals surface area contributed by atoms with Gasteiger partial charge in [0.2, 0.25) is 5.91 Å². The van der Waals surface area contributed by atoms with Crippen LogP contribution < -0.4 is 15.4 Å². The zero-order valence-corrected chi connectivity index (χ0v) is 12.7. The number of rotatable bonds is 7. The van der Waals surface area contributed by atoms with Crippen molar-refractivity contribution in [2.45, 2.75) is 33.4 Å². The van der Waals surface area contributed by atoms with Crippen LogP contribution in [-0.2, 0) is 4.79 Å². The van der Waals surface area contributed by atoms with E-state index in [9.17, 15) is 13.6 Å². The topological polar surface area (TPSA) is 50.4 Å². The number of ether oxygens (including phenoxy) is 1. The molecular formula is C15H22F2N2O2. The number of amides is 1. The Balaban J connectivity index is 2.76. The van der Waals surface area contributed by atoms with E-state index < -0.39 is 12.0 Å². The van der Waals surface area contributed by atoms with Crippen molar-refractivity contribution >= 4 is 5.91 Å². The van der Waals surface area contributed by atoms with Crippen LogP contribution in [0.2, 0.25) is 0 Å². The summed E-state index contributed by atoms with van der Waals surface area (Å²) >= 11 is 0. The molecule has 2 N–H and O–H groups in total. The van der Waals surface area contributed by atoms with Gasteiger partial charge in [-0.15, -0.1) is 0 Å². The summed E-state index contributed by atoms with van der Waals surface area (Å²) in [5.74, 6) is 0.0598. The van der Waals surface area contributed by atoms with Crippen molar-refractivity contribution in [3.05, 3.63) is 29.8 Å². The molecule has 0 spiro atoms. The number of alkyl halides is 2. The first-order valence-electron chi connectivity index (χ1n) is 6.77. The van der Waals surface area contributed by atoms with E-state index in [2.05, 4.69) is 15.4 Å². The minimum Gasteiger partial charge on any atom is -0.434 e. The van der Waals surface area contributed by atoms with Crippen LogP contribution in [-0.4, -0.2) is 26.1 Å². The maximum absolute atomic E-state index is 12.4. The maximum Gasteiger partial charge on any atom is 0.387 e. The predicted octanol–water partition coefficient (Wildman–Crippen LogP) is 2.71. The molecule has 1 rings (SSSR count). The molecule has 0 fully saturated rings. The Hall–Kier alpha value is -1.69. The summed E-state index contributed by atoms with van der Waals surface area (Å²) in [7, 11) is 1.58. The molecule has 1 atom stereocenters. The van der Waals surface area contributed by atoms with Crippen molar-refractivity contribution in [3.8, 4) is 5.75 Å². The molecule has 21 heavy (non-hydrogen) atoms. The molecule has 1 amide bonds. The van der Waals surface area contributed by atoms with E-state index in [4.69, 9.17) is 0 Å². The lowest BCUT2D eigenvalue weighted by Gasteiger charge is -2.26. The Morgan fingerprint density at radius 2 is 1.95 bits per heavy atom. The smallest absolute Gasteiger partial charge is 0.387 e. The summed E-state index contributed by atoms with van der Waals surface area (Å²) in [4.78, 5) is 11.7. The molecule has 1 unspecified atom stereocenters. The molecule has 118 valence electrons. The van der Waals surface area contributed by atoms with E-state index in [1.807, 2.05) is 20.8 Å². The molecule has 0 bridgehead atoms. The number of hydrogen-bond acceptors (Lipinski definition) is 3. The van der Waals surface area contributed by atoms with Crippen LogP contribution in [0.4, 0.5) is 8.78 Å². The van der Waals surface area contributed by atoms with Gasteiger partial charge in [-0.05, 0) is 26.8 Å². The third-order valence-electron chi connectivity index (χ3n) is 3.29. The van der Waals surface area contributed by atoms with Crippen molar-refractivity contribution < 1.29 is 18.3 Å². The van der Waals surface area contributed by atoms with Gasteiger partial charge in [0.05, 0.1) is 5.41 Å². The van der Waals surface area contributed by atoms with Crippen molar-refractivity contribution in [1.29, 1.82) is 0 Å². The number of para-hydroxylation sites is 1. The van der Waals surface area contributed by atoms with Crippen molar-refractivity contribution in [2.75, 3.05) is 13.6 Å². The molecule has 0 aliphatic rings. The average Bonchev–Trinajstić information content (AvgIpc) is 2.43. The van der Waals surface area contributed by atoms with Gasteiger partial charge in [-0.2, -0.15) is 8.78 Å². The van der Waals surface area contributed by atoms with Gasteiger partial charge in [0.1, 0.15) is 5.75 Å². The lowest BCUT2D eigenvalue weighted by atomic mass is 9.91. The highest BCUT2D eigenvalue weighted by molar-refractivity contribution is 5.81. The van der Waals surface area contributed by atoms with Gasteiger partial charge in [0.25, 0.3) is 0 Å². The Bertz CT molecular complexity index is 478. The highest BCUT2D eigenvalue weighted by Gasteiger charge is 2.27. The predicted molar refractivity (Wildman–Crippen MR) is 77.3 cm³/mol. The van der Waals surface area contributed by atoms with Gasteiger partial charge in [0, 0.05) is 25.2 Å². The standard InChI is InChI=1S/C15H22F2N2O2/c1-10(19-9-15(2,3)13(20)18-4)11-7-5-6-8-12(11)21-14(16)17/h5-8,10,14,19H,9H2,1-4H3,(H,18,20). The number of carbonyl (C=O) groups excluding carboxylic acids is 1. The highest BCUT2D eigenvalue weighted by atomic mass is 19.3. The molecule has 0 aliphatic carbocycles. The van der Waals surface area contributed by atoms with Crippen molar-refractivity contribution in [1.82, 2.24) is 10.6 Å². The normalized spacial score (nSPS) is 13.1. The Morgan fingerprint density at radius 1 is 1.33 bits per heavy atom. The molecule has 1 aromatic rings. The lowest BCUT2D eigenvalue weighted by molar-refractivity contribution is -0.128. The fourth-order valence-electron chi connectivity index (χ4n) is 1.98. The van der Waals surface area contributed by atoms with Crippen molar-refractivity contribution in [3.63, 3.8) is 0 Å². The Morgan fingerprint density at radius 3 is 2.52 bits per heavy atom. The molecule has 0 aliphatic heterocycles. The van der Waals surface area contributed by atoms with E-state index in [0.29, 0.717) is 12.1 Å². The minimum absolute atomic E-state index is 0.0840. The quantitative estimate of drug-likeness (QED) is 0.814. The third-order valence-corrected chi connectivity index (χ3v) is 3.29. The van der Waals surface area contributed by atoms with Gasteiger partial charge in [-0.1, -0.05) is 18.2 Å². The second-order valence-corrected chi connectivity index (χ2v) is 5.48. The molecule has 0 aromatic heterocycles. The van der Waals surface area contributed by atoms with Gasteiger partial charge in [0.15, 0.2) is 0 Å². The molecule has 6 heteroatoms. The van der Waals surface area contributed by atoms with Gasteiger partial charge < -0.3 is 15.4 Å². The molecule has 1 aromatic carbocycles. The summed E-state index contributed by atoms with van der Waals surface area (Å²) in [5.41, 5.74) is 0.0344. The first-order chi connectivity index (χ1) is 9.77. The largest absolute Gasteiger partial charge is 0.434 e. The number of hydrogen-bond donors (Lipinski definition) is 2. The fraction of sp³-hybridized carbons (Fsp3) is 0.533. The number of carbonyl (C=O) groups is 1. The van der Waals surface area contributed by atoms with Crippen LogP contribution in [0.15, 0.2) is 24.3 Å². The zero-order chi connectivity index (χ0) is 16.0. The van der Waals surface area contributed by atoms with Crippen LogP contribution in [0.1, 0.15) is 32.4 Å². The first kappa shape index (κ1) is 17.4. The van der Waals surface area contributed by atoms with E-state index in [1.54, 1.807) is 25.2 Å². The molecule has 0 radical (unpaired) electrons. The van der Waals surface area contributed by atoms with E-state index in [0.717, 1.165) is 0 Å².